The van der Waals surface area contributed by atoms with E-state index >= 15 is 4.79 Å². The quantitative estimate of drug-likeness (QED) is 0.167. The second-order valence-corrected chi connectivity index (χ2v) is 19.2. The van der Waals surface area contributed by atoms with Gasteiger partial charge < -0.3 is 48.8 Å². The smallest absolute Gasteiger partial charge is 0.413 e. The van der Waals surface area contributed by atoms with E-state index in [-0.39, 0.29) is 29.7 Å². The van der Waals surface area contributed by atoms with Crippen LogP contribution in [0.15, 0.2) is 41.5 Å². The highest BCUT2D eigenvalue weighted by molar-refractivity contribution is 5.95. The Hall–Kier alpha value is -4.42. The van der Waals surface area contributed by atoms with Crippen molar-refractivity contribution in [3.05, 3.63) is 47.0 Å². The van der Waals surface area contributed by atoms with Gasteiger partial charge in [-0.2, -0.15) is 0 Å². The van der Waals surface area contributed by atoms with Gasteiger partial charge in [0.25, 0.3) is 0 Å². The maximum Gasteiger partial charge on any atom is 0.413 e. The predicted molar refractivity (Wildman–Crippen MR) is 206 cm³/mol. The van der Waals surface area contributed by atoms with Crippen molar-refractivity contribution in [2.24, 2.45) is 22.2 Å². The number of cyclic esters (lactones) is 1. The molecule has 0 aromatic heterocycles. The highest BCUT2D eigenvalue weighted by Gasteiger charge is 2.78. The molecule has 2 bridgehead atoms. The van der Waals surface area contributed by atoms with Crippen LogP contribution in [0.5, 0.6) is 0 Å². The van der Waals surface area contributed by atoms with Crippen molar-refractivity contribution in [2.45, 2.75) is 155 Å². The minimum atomic E-state index is -2.42. The van der Waals surface area contributed by atoms with E-state index in [1.54, 1.807) is 52.8 Å². The number of carbonyl (C=O) groups excluding carboxylic acids is 6. The first-order valence-corrected chi connectivity index (χ1v) is 20.1. The van der Waals surface area contributed by atoms with E-state index in [1.807, 2.05) is 0 Å². The number of ether oxygens (including phenoxy) is 6. The third-order valence-corrected chi connectivity index (χ3v) is 13.6. The van der Waals surface area contributed by atoms with E-state index in [0.717, 1.165) is 18.7 Å². The summed E-state index contributed by atoms with van der Waals surface area (Å²) in [7, 11) is 0. The molecule has 1 amide bonds. The summed E-state index contributed by atoms with van der Waals surface area (Å²) in [5.74, 6) is -6.39. The fourth-order valence-corrected chi connectivity index (χ4v) is 10.4. The number of Topliss-reactive ketones (excluding diaryl/α,β-unsaturated/α-hetero) is 1. The van der Waals surface area contributed by atoms with E-state index in [2.05, 4.69) is 0 Å². The van der Waals surface area contributed by atoms with Crippen molar-refractivity contribution in [3.8, 4) is 0 Å². The molecule has 1 aromatic carbocycles. The lowest BCUT2D eigenvalue weighted by molar-refractivity contribution is -0.346. The van der Waals surface area contributed by atoms with Crippen molar-refractivity contribution in [1.29, 1.82) is 0 Å². The van der Waals surface area contributed by atoms with Crippen molar-refractivity contribution < 1.29 is 77.6 Å². The molecule has 0 spiro atoms. The summed E-state index contributed by atoms with van der Waals surface area (Å²) in [4.78, 5) is 83.9. The Morgan fingerprint density at radius 3 is 2.05 bits per heavy atom. The number of amides is 1. The SMILES string of the molecule is CC(=O)O[C@H]1C(=O)[C@@]2(C)[C@H]([C@H](OC(=O)c3ccccc3)[C@]3(O)C[C@H](OC(=O)[C@H](O)[C@@H](N4C(=O)OC(C)(C)C4O)C(C)(C)C)C(C)=C1C3(C)C)[C@]1(OC(C)=O)CO[C@@H]1C[C@@H]2O. The number of aliphatic hydroxyl groups excluding tert-OH is 3. The first-order chi connectivity index (χ1) is 27.6. The fourth-order valence-electron chi connectivity index (χ4n) is 10.4. The van der Waals surface area contributed by atoms with Crippen LogP contribution < -0.4 is 0 Å². The summed E-state index contributed by atoms with van der Waals surface area (Å²) >= 11 is 0. The van der Waals surface area contributed by atoms with Gasteiger partial charge in [0.05, 0.1) is 35.6 Å². The van der Waals surface area contributed by atoms with E-state index in [1.165, 1.54) is 39.8 Å². The number of hydrogen-bond acceptors (Lipinski definition) is 16. The fraction of sp³-hybridized carbons (Fsp3) is 0.674. The Morgan fingerprint density at radius 2 is 1.55 bits per heavy atom. The van der Waals surface area contributed by atoms with Gasteiger partial charge in [-0.1, -0.05) is 52.8 Å². The molecular formula is C43H57NO16. The number of hydrogen-bond donors (Lipinski definition) is 4. The molecule has 1 unspecified atom stereocenters. The van der Waals surface area contributed by atoms with Crippen molar-refractivity contribution >= 4 is 35.8 Å². The molecule has 1 aromatic rings. The molecule has 17 heteroatoms. The summed E-state index contributed by atoms with van der Waals surface area (Å²) in [6, 6.07) is 6.36. The summed E-state index contributed by atoms with van der Waals surface area (Å²) in [5.41, 5.74) is -10.3. The molecule has 3 aliphatic carbocycles. The normalized spacial score (nSPS) is 36.5. The minimum absolute atomic E-state index is 0.0300. The van der Waals surface area contributed by atoms with Gasteiger partial charge in [-0.25, -0.2) is 14.4 Å². The first kappa shape index (κ1) is 45.1. The lowest BCUT2D eigenvalue weighted by atomic mass is 9.44. The molecule has 60 heavy (non-hydrogen) atoms. The monoisotopic (exact) mass is 843 g/mol. The average Bonchev–Trinajstić information content (AvgIpc) is 3.33. The Bertz CT molecular complexity index is 1990. The number of rotatable bonds is 8. The minimum Gasteiger partial charge on any atom is -0.456 e. The Labute approximate surface area is 348 Å². The van der Waals surface area contributed by atoms with Crippen LogP contribution in [0, 0.1) is 22.2 Å². The molecule has 0 radical (unpaired) electrons. The third kappa shape index (κ3) is 6.80. The molecule has 17 nitrogen and oxygen atoms in total. The molecule has 12 atom stereocenters. The second kappa shape index (κ2) is 14.9. The van der Waals surface area contributed by atoms with Crippen LogP contribution >= 0.6 is 0 Å². The Morgan fingerprint density at radius 1 is 0.933 bits per heavy atom. The molecule has 330 valence electrons. The number of esters is 4. The van der Waals surface area contributed by atoms with Gasteiger partial charge in [-0.05, 0) is 56.4 Å². The largest absolute Gasteiger partial charge is 0.456 e. The zero-order chi connectivity index (χ0) is 44.9. The lowest BCUT2D eigenvalue weighted by Crippen LogP contribution is -2.82. The van der Waals surface area contributed by atoms with Gasteiger partial charge in [0.15, 0.2) is 35.4 Å². The Balaban J connectivity index is 1.56. The maximum absolute atomic E-state index is 15.4. The number of nitrogens with zero attached hydrogens (tertiary/aromatic N) is 1. The number of benzene rings is 1. The van der Waals surface area contributed by atoms with E-state index < -0.39 is 130 Å². The predicted octanol–water partition coefficient (Wildman–Crippen LogP) is 2.53. The molecule has 4 N–H and O–H groups in total. The molecule has 2 saturated heterocycles. The van der Waals surface area contributed by atoms with Crippen molar-refractivity contribution in [2.75, 3.05) is 6.61 Å². The van der Waals surface area contributed by atoms with Gasteiger partial charge >= 0.3 is 30.0 Å². The number of aliphatic hydroxyl groups is 4. The Kier molecular flexibility index (Phi) is 11.2. The van der Waals surface area contributed by atoms with Crippen molar-refractivity contribution in [1.82, 2.24) is 4.90 Å². The highest BCUT2D eigenvalue weighted by atomic mass is 16.6. The summed E-state index contributed by atoms with van der Waals surface area (Å²) in [5, 5.41) is 48.6. The van der Waals surface area contributed by atoms with E-state index in [4.69, 9.17) is 28.4 Å². The molecular weight excluding hydrogens is 786 g/mol. The number of carbonyl (C=O) groups is 6. The van der Waals surface area contributed by atoms with E-state index in [9.17, 15) is 44.4 Å². The van der Waals surface area contributed by atoms with Crippen LogP contribution in [0.4, 0.5) is 4.79 Å². The van der Waals surface area contributed by atoms with Crippen LogP contribution in [-0.2, 0) is 47.6 Å². The molecule has 2 heterocycles. The standard InChI is InChI=1S/C43H57NO16/c1-20-24(57-35(51)28(48)31(38(4,5)6)44-36(52)40(9,10)60-37(44)53)18-43(54)33(58-34(50)23-15-13-12-14-16-23)30-41(11,25(47)17-26-42(30,19-55-26)59-22(3)46)32(49)29(56-21(2)45)27(20)39(43,7)8/h12-16,24-26,28-31,33,36,47-48,52,54H,17-19H2,1-11H3/t24-,25-,26+,28+,29+,30-,31+,33-,36?,41+,42-,43+/m0/s1. The highest BCUT2D eigenvalue weighted by Crippen LogP contribution is 2.64. The summed E-state index contributed by atoms with van der Waals surface area (Å²) in [6.45, 7) is 15.7. The van der Waals surface area contributed by atoms with Gasteiger partial charge in [0.2, 0.25) is 0 Å². The topological polar surface area (TPSA) is 242 Å². The van der Waals surface area contributed by atoms with Crippen molar-refractivity contribution in [3.63, 3.8) is 0 Å². The van der Waals surface area contributed by atoms with Gasteiger partial charge in [-0.15, -0.1) is 0 Å². The zero-order valence-corrected chi connectivity index (χ0v) is 35.8. The molecule has 4 fully saturated rings. The number of ketones is 1. The van der Waals surface area contributed by atoms with Gasteiger partial charge in [0.1, 0.15) is 23.9 Å². The van der Waals surface area contributed by atoms with Crippen LogP contribution in [-0.4, -0.2) is 133 Å². The van der Waals surface area contributed by atoms with Crippen LogP contribution in [0.3, 0.4) is 0 Å². The zero-order valence-electron chi connectivity index (χ0n) is 35.8. The maximum atomic E-state index is 15.4. The summed E-state index contributed by atoms with van der Waals surface area (Å²) < 4.78 is 35.5. The molecule has 6 rings (SSSR count). The molecule has 2 saturated carbocycles. The van der Waals surface area contributed by atoms with Crippen LogP contribution in [0.2, 0.25) is 0 Å². The molecule has 2 aliphatic heterocycles. The van der Waals surface area contributed by atoms with Crippen LogP contribution in [0.25, 0.3) is 0 Å². The second-order valence-electron chi connectivity index (χ2n) is 19.2. The van der Waals surface area contributed by atoms with Crippen LogP contribution in [0.1, 0.15) is 99.4 Å². The number of fused-ring (bicyclic) bond motifs is 5. The van der Waals surface area contributed by atoms with Gasteiger partial charge in [0, 0.05) is 32.1 Å². The third-order valence-electron chi connectivity index (χ3n) is 13.6. The summed E-state index contributed by atoms with van der Waals surface area (Å²) in [6.07, 6.45) is -13.3. The first-order valence-electron chi connectivity index (χ1n) is 20.1. The van der Waals surface area contributed by atoms with Gasteiger partial charge in [-0.3, -0.25) is 19.3 Å². The average molecular weight is 844 g/mol. The lowest BCUT2D eigenvalue weighted by Gasteiger charge is -2.67. The van der Waals surface area contributed by atoms with E-state index in [0.29, 0.717) is 0 Å². The molecule has 5 aliphatic rings.